The number of halogens is 4. The summed E-state index contributed by atoms with van der Waals surface area (Å²) < 4.78 is 41.2. The Balaban J connectivity index is 2.51. The van der Waals surface area contributed by atoms with Gasteiger partial charge in [-0.1, -0.05) is 41.1 Å². The van der Waals surface area contributed by atoms with Crippen molar-refractivity contribution in [3.63, 3.8) is 0 Å². The molecule has 0 spiro atoms. The van der Waals surface area contributed by atoms with Crippen molar-refractivity contribution in [3.05, 3.63) is 69.4 Å². The topological polar surface area (TPSA) is 12.0 Å². The van der Waals surface area contributed by atoms with E-state index in [9.17, 15) is 13.2 Å². The zero-order chi connectivity index (χ0) is 14.7. The Morgan fingerprint density at radius 1 is 1.10 bits per heavy atom. The van der Waals surface area contributed by atoms with E-state index in [1.165, 1.54) is 6.07 Å². The molecule has 0 aromatic heterocycles. The minimum absolute atomic E-state index is 0.0869. The first-order valence-electron chi connectivity index (χ1n) is 6.16. The molecule has 0 amide bonds. The van der Waals surface area contributed by atoms with Gasteiger partial charge >= 0.3 is 0 Å². The predicted molar refractivity (Wildman–Crippen MR) is 76.0 cm³/mol. The number of nitrogens with one attached hydrogen (secondary N) is 1. The van der Waals surface area contributed by atoms with Gasteiger partial charge in [-0.05, 0) is 30.3 Å². The highest BCUT2D eigenvalue weighted by Gasteiger charge is 2.21. The van der Waals surface area contributed by atoms with Gasteiger partial charge in [0.25, 0.3) is 0 Å². The second-order valence-corrected chi connectivity index (χ2v) is 5.23. The van der Waals surface area contributed by atoms with Crippen LogP contribution in [0.1, 0.15) is 24.1 Å². The highest BCUT2D eigenvalue weighted by Crippen LogP contribution is 2.28. The van der Waals surface area contributed by atoms with Gasteiger partial charge in [0, 0.05) is 10.0 Å². The third kappa shape index (κ3) is 3.04. The van der Waals surface area contributed by atoms with Crippen LogP contribution in [0.5, 0.6) is 0 Å². The third-order valence-corrected chi connectivity index (χ3v) is 3.46. The van der Waals surface area contributed by atoms with Crippen LogP contribution in [0.4, 0.5) is 13.2 Å². The SMILES string of the molecule is CCNC(c1cccc(Br)c1)c1ccc(F)c(F)c1F. The average Bonchev–Trinajstić information content (AvgIpc) is 2.43. The maximum atomic E-state index is 14.0. The molecule has 0 saturated heterocycles. The van der Waals surface area contributed by atoms with E-state index in [-0.39, 0.29) is 5.56 Å². The zero-order valence-corrected chi connectivity index (χ0v) is 12.3. The quantitative estimate of drug-likeness (QED) is 0.802. The van der Waals surface area contributed by atoms with Gasteiger partial charge < -0.3 is 5.32 Å². The van der Waals surface area contributed by atoms with E-state index < -0.39 is 23.5 Å². The van der Waals surface area contributed by atoms with Gasteiger partial charge in [-0.2, -0.15) is 0 Å². The van der Waals surface area contributed by atoms with Gasteiger partial charge in [0.15, 0.2) is 17.5 Å². The Labute approximate surface area is 123 Å². The predicted octanol–water partition coefficient (Wildman–Crippen LogP) is 4.57. The van der Waals surface area contributed by atoms with Crippen molar-refractivity contribution in [2.75, 3.05) is 6.54 Å². The summed E-state index contributed by atoms with van der Waals surface area (Å²) in [7, 11) is 0. The fourth-order valence-corrected chi connectivity index (χ4v) is 2.48. The molecule has 0 bridgehead atoms. The lowest BCUT2D eigenvalue weighted by molar-refractivity contribution is 0.433. The number of rotatable bonds is 4. The molecule has 0 fully saturated rings. The van der Waals surface area contributed by atoms with E-state index in [2.05, 4.69) is 21.2 Å². The summed E-state index contributed by atoms with van der Waals surface area (Å²) in [6.45, 7) is 2.43. The highest BCUT2D eigenvalue weighted by molar-refractivity contribution is 9.10. The summed E-state index contributed by atoms with van der Waals surface area (Å²) in [5, 5.41) is 3.08. The molecule has 5 heteroatoms. The van der Waals surface area contributed by atoms with Crippen molar-refractivity contribution in [1.29, 1.82) is 0 Å². The molecule has 1 unspecified atom stereocenters. The first kappa shape index (κ1) is 15.1. The molecule has 20 heavy (non-hydrogen) atoms. The molecule has 2 aromatic rings. The maximum Gasteiger partial charge on any atom is 0.194 e. The van der Waals surface area contributed by atoms with Crippen LogP contribution in [0.15, 0.2) is 40.9 Å². The number of benzene rings is 2. The molecular formula is C15H13BrF3N. The fraction of sp³-hybridized carbons (Fsp3) is 0.200. The third-order valence-electron chi connectivity index (χ3n) is 2.97. The molecule has 1 N–H and O–H groups in total. The van der Waals surface area contributed by atoms with Crippen molar-refractivity contribution in [1.82, 2.24) is 5.32 Å². The van der Waals surface area contributed by atoms with Gasteiger partial charge in [-0.15, -0.1) is 0 Å². The Kier molecular flexibility index (Phi) is 4.83. The molecule has 2 aromatic carbocycles. The largest absolute Gasteiger partial charge is 0.306 e. The molecule has 2 rings (SSSR count). The first-order valence-corrected chi connectivity index (χ1v) is 6.96. The van der Waals surface area contributed by atoms with E-state index in [1.807, 2.05) is 25.1 Å². The van der Waals surface area contributed by atoms with Gasteiger partial charge in [0.2, 0.25) is 0 Å². The van der Waals surface area contributed by atoms with E-state index in [1.54, 1.807) is 6.07 Å². The van der Waals surface area contributed by atoms with Crippen molar-refractivity contribution in [2.24, 2.45) is 0 Å². The summed E-state index contributed by atoms with van der Waals surface area (Å²) in [6.07, 6.45) is 0. The molecule has 0 saturated carbocycles. The molecule has 0 heterocycles. The smallest absolute Gasteiger partial charge is 0.194 e. The second kappa shape index (κ2) is 6.41. The van der Waals surface area contributed by atoms with Gasteiger partial charge in [-0.3, -0.25) is 0 Å². The maximum absolute atomic E-state index is 14.0. The lowest BCUT2D eigenvalue weighted by Gasteiger charge is -2.20. The van der Waals surface area contributed by atoms with Crippen LogP contribution in [0.3, 0.4) is 0 Å². The van der Waals surface area contributed by atoms with Crippen LogP contribution in [-0.2, 0) is 0 Å². The Morgan fingerprint density at radius 2 is 1.85 bits per heavy atom. The molecule has 106 valence electrons. The molecule has 1 atom stereocenters. The molecule has 0 radical (unpaired) electrons. The van der Waals surface area contributed by atoms with E-state index in [0.717, 1.165) is 16.1 Å². The van der Waals surface area contributed by atoms with E-state index in [4.69, 9.17) is 0 Å². The van der Waals surface area contributed by atoms with E-state index in [0.29, 0.717) is 6.54 Å². The molecule has 1 nitrogen and oxygen atoms in total. The Morgan fingerprint density at radius 3 is 2.50 bits per heavy atom. The van der Waals surface area contributed by atoms with E-state index >= 15 is 0 Å². The minimum Gasteiger partial charge on any atom is -0.306 e. The van der Waals surface area contributed by atoms with Crippen molar-refractivity contribution in [3.8, 4) is 0 Å². The summed E-state index contributed by atoms with van der Waals surface area (Å²) >= 11 is 3.34. The Hall–Kier alpha value is -1.33. The monoisotopic (exact) mass is 343 g/mol. The molecule has 0 aliphatic heterocycles. The number of hydrogen-bond donors (Lipinski definition) is 1. The van der Waals surface area contributed by atoms with Crippen LogP contribution in [0.2, 0.25) is 0 Å². The van der Waals surface area contributed by atoms with Crippen molar-refractivity contribution < 1.29 is 13.2 Å². The van der Waals surface area contributed by atoms with Crippen LogP contribution >= 0.6 is 15.9 Å². The first-order chi connectivity index (χ1) is 9.54. The van der Waals surface area contributed by atoms with Gasteiger partial charge in [-0.25, -0.2) is 13.2 Å². The highest BCUT2D eigenvalue weighted by atomic mass is 79.9. The normalized spacial score (nSPS) is 12.4. The molecule has 0 aliphatic carbocycles. The van der Waals surface area contributed by atoms with Crippen LogP contribution < -0.4 is 5.32 Å². The second-order valence-electron chi connectivity index (χ2n) is 4.31. The number of hydrogen-bond acceptors (Lipinski definition) is 1. The van der Waals surface area contributed by atoms with Gasteiger partial charge in [0.05, 0.1) is 6.04 Å². The summed E-state index contributed by atoms with van der Waals surface area (Å²) in [5.74, 6) is -3.79. The van der Waals surface area contributed by atoms with Crippen LogP contribution in [-0.4, -0.2) is 6.54 Å². The summed E-state index contributed by atoms with van der Waals surface area (Å²) in [4.78, 5) is 0. The fourth-order valence-electron chi connectivity index (χ4n) is 2.06. The zero-order valence-electron chi connectivity index (χ0n) is 10.8. The van der Waals surface area contributed by atoms with Gasteiger partial charge in [0.1, 0.15) is 0 Å². The van der Waals surface area contributed by atoms with Crippen LogP contribution in [0.25, 0.3) is 0 Å². The molecule has 0 aliphatic rings. The minimum atomic E-state index is -1.44. The standard InChI is InChI=1S/C15H13BrF3N/c1-2-20-15(9-4-3-5-10(16)8-9)11-6-7-12(17)14(19)13(11)18/h3-8,15,20H,2H2,1H3. The summed E-state index contributed by atoms with van der Waals surface area (Å²) in [6, 6.07) is 8.94. The molecular weight excluding hydrogens is 331 g/mol. The van der Waals surface area contributed by atoms with Crippen LogP contribution in [0, 0.1) is 17.5 Å². The lowest BCUT2D eigenvalue weighted by atomic mass is 9.98. The van der Waals surface area contributed by atoms with Crippen molar-refractivity contribution >= 4 is 15.9 Å². The van der Waals surface area contributed by atoms with Crippen molar-refractivity contribution in [2.45, 2.75) is 13.0 Å². The lowest BCUT2D eigenvalue weighted by Crippen LogP contribution is -2.23. The average molecular weight is 344 g/mol. The Bertz CT molecular complexity index is 616. The summed E-state index contributed by atoms with van der Waals surface area (Å²) in [5.41, 5.74) is 0.856.